The number of urea groups is 1. The number of piperidine rings is 1. The molecule has 0 saturated carbocycles. The fourth-order valence-corrected chi connectivity index (χ4v) is 4.88. The van der Waals surface area contributed by atoms with Crippen LogP contribution in [0.15, 0.2) is 18.5 Å². The number of aryl methyl sites for hydroxylation is 1. The first-order valence-corrected chi connectivity index (χ1v) is 10.9. The van der Waals surface area contributed by atoms with E-state index < -0.39 is 9.84 Å². The number of nitrogens with one attached hydrogen (secondary N) is 1. The van der Waals surface area contributed by atoms with E-state index in [0.29, 0.717) is 0 Å². The molecule has 2 amide bonds. The molecule has 0 radical (unpaired) electrons. The average Bonchev–Trinajstić information content (AvgIpc) is 3.05. The van der Waals surface area contributed by atoms with Crippen molar-refractivity contribution in [2.75, 3.05) is 24.6 Å². The van der Waals surface area contributed by atoms with Crippen LogP contribution in [0.25, 0.3) is 0 Å². The van der Waals surface area contributed by atoms with Gasteiger partial charge in [-0.1, -0.05) is 13.8 Å². The minimum atomic E-state index is -3.11. The third-order valence-electron chi connectivity index (χ3n) is 4.42. The van der Waals surface area contributed by atoms with Gasteiger partial charge in [0.05, 0.1) is 11.5 Å². The molecule has 1 saturated heterocycles. The van der Waals surface area contributed by atoms with Gasteiger partial charge in [0.15, 0.2) is 9.84 Å². The van der Waals surface area contributed by atoms with Crippen LogP contribution in [0.2, 0.25) is 0 Å². The standard InChI is InChI=1S/C17H30N4O3S/c1-15(2)14-25(23,24)13-9-18-17(22)21-11-4-3-6-16(21)7-12-20-10-5-8-19-20/h5,8,10,15-16H,3-4,6-7,9,11-14H2,1-2H3,(H,18,22). The molecule has 0 aliphatic carbocycles. The Kier molecular flexibility index (Phi) is 7.28. The van der Waals surface area contributed by atoms with Gasteiger partial charge in [0.25, 0.3) is 0 Å². The molecule has 1 aliphatic heterocycles. The van der Waals surface area contributed by atoms with E-state index in [1.807, 2.05) is 35.7 Å². The van der Waals surface area contributed by atoms with Crippen molar-refractivity contribution in [3.63, 3.8) is 0 Å². The zero-order valence-corrected chi connectivity index (χ0v) is 16.0. The Morgan fingerprint density at radius 3 is 2.84 bits per heavy atom. The van der Waals surface area contributed by atoms with E-state index in [2.05, 4.69) is 10.4 Å². The van der Waals surface area contributed by atoms with Gasteiger partial charge in [-0.3, -0.25) is 4.68 Å². The molecule has 1 aromatic heterocycles. The second kappa shape index (κ2) is 9.22. The molecule has 25 heavy (non-hydrogen) atoms. The van der Waals surface area contributed by atoms with Crippen LogP contribution < -0.4 is 5.32 Å². The predicted octanol–water partition coefficient (Wildman–Crippen LogP) is 1.91. The molecule has 142 valence electrons. The summed E-state index contributed by atoms with van der Waals surface area (Å²) in [5, 5.41) is 6.99. The highest BCUT2D eigenvalue weighted by atomic mass is 32.2. The number of hydrogen-bond donors (Lipinski definition) is 1. The second-order valence-electron chi connectivity index (χ2n) is 7.14. The first-order valence-electron chi connectivity index (χ1n) is 9.10. The predicted molar refractivity (Wildman–Crippen MR) is 98.1 cm³/mol. The normalized spacial score (nSPS) is 18.5. The quantitative estimate of drug-likeness (QED) is 0.757. The van der Waals surface area contributed by atoms with E-state index in [-0.39, 0.29) is 36.0 Å². The molecule has 1 N–H and O–H groups in total. The Morgan fingerprint density at radius 1 is 1.36 bits per heavy atom. The van der Waals surface area contributed by atoms with Crippen LogP contribution in [-0.2, 0) is 16.4 Å². The zero-order valence-electron chi connectivity index (χ0n) is 15.2. The van der Waals surface area contributed by atoms with Crippen molar-refractivity contribution < 1.29 is 13.2 Å². The Balaban J connectivity index is 1.81. The van der Waals surface area contributed by atoms with Gasteiger partial charge in [-0.05, 0) is 37.7 Å². The van der Waals surface area contributed by atoms with E-state index in [9.17, 15) is 13.2 Å². The Labute approximate surface area is 150 Å². The van der Waals surface area contributed by atoms with Crippen LogP contribution in [0.3, 0.4) is 0 Å². The molecule has 1 atom stereocenters. The summed E-state index contributed by atoms with van der Waals surface area (Å²) in [6.07, 6.45) is 7.64. The third kappa shape index (κ3) is 6.68. The Bertz CT molecular complexity index is 628. The SMILES string of the molecule is CC(C)CS(=O)(=O)CCNC(=O)N1CCCCC1CCn1cccn1. The van der Waals surface area contributed by atoms with E-state index in [0.717, 1.165) is 38.8 Å². The van der Waals surface area contributed by atoms with Crippen LogP contribution in [0, 0.1) is 5.92 Å². The monoisotopic (exact) mass is 370 g/mol. The summed E-state index contributed by atoms with van der Waals surface area (Å²) in [7, 11) is -3.11. The molecule has 0 spiro atoms. The summed E-state index contributed by atoms with van der Waals surface area (Å²) in [6, 6.07) is 1.93. The van der Waals surface area contributed by atoms with E-state index in [1.54, 1.807) is 6.20 Å². The first kappa shape index (κ1) is 19.8. The van der Waals surface area contributed by atoms with Gasteiger partial charge in [-0.15, -0.1) is 0 Å². The lowest BCUT2D eigenvalue weighted by Crippen LogP contribution is -2.49. The van der Waals surface area contributed by atoms with Crippen LogP contribution >= 0.6 is 0 Å². The van der Waals surface area contributed by atoms with Crippen molar-refractivity contribution in [2.24, 2.45) is 5.92 Å². The topological polar surface area (TPSA) is 84.3 Å². The lowest BCUT2D eigenvalue weighted by Gasteiger charge is -2.35. The van der Waals surface area contributed by atoms with Crippen LogP contribution in [0.5, 0.6) is 0 Å². The molecule has 1 unspecified atom stereocenters. The number of sulfone groups is 1. The van der Waals surface area contributed by atoms with Crippen LogP contribution in [-0.4, -0.2) is 59.8 Å². The molecule has 1 aromatic rings. The van der Waals surface area contributed by atoms with E-state index >= 15 is 0 Å². The molecular weight excluding hydrogens is 340 g/mol. The summed E-state index contributed by atoms with van der Waals surface area (Å²) in [5.74, 6) is 0.274. The fourth-order valence-electron chi connectivity index (χ4n) is 3.29. The number of hydrogen-bond acceptors (Lipinski definition) is 4. The highest BCUT2D eigenvalue weighted by Gasteiger charge is 2.26. The second-order valence-corrected chi connectivity index (χ2v) is 9.37. The summed E-state index contributed by atoms with van der Waals surface area (Å²) in [5.41, 5.74) is 0. The highest BCUT2D eigenvalue weighted by molar-refractivity contribution is 7.91. The molecule has 2 rings (SSSR count). The number of carbonyl (C=O) groups excluding carboxylic acids is 1. The van der Waals surface area contributed by atoms with Crippen molar-refractivity contribution in [3.8, 4) is 0 Å². The molecule has 2 heterocycles. The van der Waals surface area contributed by atoms with Gasteiger partial charge in [0, 0.05) is 38.1 Å². The molecule has 0 bridgehead atoms. The number of nitrogens with zero attached hydrogens (tertiary/aromatic N) is 3. The molecule has 8 heteroatoms. The number of rotatable bonds is 8. The third-order valence-corrected chi connectivity index (χ3v) is 6.42. The Morgan fingerprint density at radius 2 is 2.16 bits per heavy atom. The minimum Gasteiger partial charge on any atom is -0.337 e. The number of likely N-dealkylation sites (tertiary alicyclic amines) is 1. The maximum absolute atomic E-state index is 12.5. The maximum atomic E-state index is 12.5. The molecule has 1 aliphatic rings. The zero-order chi connectivity index (χ0) is 18.3. The number of aromatic nitrogens is 2. The first-order chi connectivity index (χ1) is 11.9. The van der Waals surface area contributed by atoms with Gasteiger partial charge in [0.1, 0.15) is 0 Å². The van der Waals surface area contributed by atoms with Crippen molar-refractivity contribution in [1.29, 1.82) is 0 Å². The molecule has 0 aromatic carbocycles. The average molecular weight is 371 g/mol. The van der Waals surface area contributed by atoms with E-state index in [1.165, 1.54) is 0 Å². The highest BCUT2D eigenvalue weighted by Crippen LogP contribution is 2.20. The van der Waals surface area contributed by atoms with Gasteiger partial charge in [-0.25, -0.2) is 13.2 Å². The smallest absolute Gasteiger partial charge is 0.317 e. The Hall–Kier alpha value is -1.57. The largest absolute Gasteiger partial charge is 0.337 e. The lowest BCUT2D eigenvalue weighted by molar-refractivity contribution is 0.144. The van der Waals surface area contributed by atoms with Gasteiger partial charge in [0.2, 0.25) is 0 Å². The van der Waals surface area contributed by atoms with E-state index in [4.69, 9.17) is 0 Å². The molecule has 7 nitrogen and oxygen atoms in total. The van der Waals surface area contributed by atoms with Crippen molar-refractivity contribution in [2.45, 2.75) is 52.1 Å². The molecule has 1 fully saturated rings. The minimum absolute atomic E-state index is 0.00269. The summed E-state index contributed by atoms with van der Waals surface area (Å²) >= 11 is 0. The lowest BCUT2D eigenvalue weighted by atomic mass is 10.00. The van der Waals surface area contributed by atoms with Crippen LogP contribution in [0.4, 0.5) is 4.79 Å². The fraction of sp³-hybridized carbons (Fsp3) is 0.765. The van der Waals surface area contributed by atoms with Gasteiger partial charge < -0.3 is 10.2 Å². The van der Waals surface area contributed by atoms with Gasteiger partial charge >= 0.3 is 6.03 Å². The van der Waals surface area contributed by atoms with Crippen molar-refractivity contribution in [1.82, 2.24) is 20.0 Å². The van der Waals surface area contributed by atoms with Crippen LogP contribution in [0.1, 0.15) is 39.5 Å². The number of carbonyl (C=O) groups is 1. The van der Waals surface area contributed by atoms with Crippen molar-refractivity contribution >= 4 is 15.9 Å². The van der Waals surface area contributed by atoms with Gasteiger partial charge in [-0.2, -0.15) is 5.10 Å². The summed E-state index contributed by atoms with van der Waals surface area (Å²) < 4.78 is 25.7. The summed E-state index contributed by atoms with van der Waals surface area (Å²) in [4.78, 5) is 14.3. The maximum Gasteiger partial charge on any atom is 0.317 e. The summed E-state index contributed by atoms with van der Waals surface area (Å²) in [6.45, 7) is 5.46. The van der Waals surface area contributed by atoms with Crippen molar-refractivity contribution in [3.05, 3.63) is 18.5 Å². The molecular formula is C17H30N4O3S. The number of amides is 2.